The number of sulfonamides is 1. The monoisotopic (exact) mass is 303 g/mol. The van der Waals surface area contributed by atoms with Crippen LogP contribution in [0.1, 0.15) is 6.92 Å². The lowest BCUT2D eigenvalue weighted by Gasteiger charge is -2.08. The maximum atomic E-state index is 12.0. The van der Waals surface area contributed by atoms with E-state index in [1.807, 2.05) is 6.92 Å². The number of nitro groups is 1. The highest BCUT2D eigenvalue weighted by molar-refractivity contribution is 7.89. The number of rotatable bonds is 8. The summed E-state index contributed by atoms with van der Waals surface area (Å²) in [5.41, 5.74) is -0.279. The third-order valence-electron chi connectivity index (χ3n) is 2.50. The standard InChI is InChI=1S/C11H17N3O5S/c1-3-12-6-7-13-20(17,18)9-4-5-10(14(15)16)11(8-9)19-2/h4-5,8,12-13H,3,6-7H2,1-2H3. The molecule has 0 aliphatic rings. The molecule has 1 aromatic rings. The molecule has 20 heavy (non-hydrogen) atoms. The summed E-state index contributed by atoms with van der Waals surface area (Å²) < 4.78 is 31.2. The fraction of sp³-hybridized carbons (Fsp3) is 0.455. The summed E-state index contributed by atoms with van der Waals surface area (Å²) in [5, 5.41) is 13.7. The van der Waals surface area contributed by atoms with Crippen molar-refractivity contribution in [2.24, 2.45) is 0 Å². The predicted molar refractivity (Wildman–Crippen MR) is 73.4 cm³/mol. The lowest BCUT2D eigenvalue weighted by molar-refractivity contribution is -0.385. The predicted octanol–water partition coefficient (Wildman–Crippen LogP) is 0.491. The maximum Gasteiger partial charge on any atom is 0.310 e. The number of hydrogen-bond acceptors (Lipinski definition) is 6. The molecule has 0 aliphatic heterocycles. The van der Waals surface area contributed by atoms with Crippen LogP contribution >= 0.6 is 0 Å². The van der Waals surface area contributed by atoms with Crippen molar-refractivity contribution in [2.75, 3.05) is 26.7 Å². The highest BCUT2D eigenvalue weighted by Gasteiger charge is 2.20. The van der Waals surface area contributed by atoms with E-state index in [9.17, 15) is 18.5 Å². The summed E-state index contributed by atoms with van der Waals surface area (Å²) in [6, 6.07) is 3.42. The molecule has 2 N–H and O–H groups in total. The molecule has 0 atom stereocenters. The number of nitrogens with one attached hydrogen (secondary N) is 2. The minimum atomic E-state index is -3.71. The van der Waals surface area contributed by atoms with E-state index in [1.165, 1.54) is 13.2 Å². The molecule has 1 rings (SSSR count). The summed E-state index contributed by atoms with van der Waals surface area (Å²) >= 11 is 0. The fourth-order valence-electron chi connectivity index (χ4n) is 1.51. The Labute approximate surface area is 117 Å². The van der Waals surface area contributed by atoms with Gasteiger partial charge in [0.15, 0.2) is 5.75 Å². The van der Waals surface area contributed by atoms with Gasteiger partial charge < -0.3 is 10.1 Å². The average molecular weight is 303 g/mol. The van der Waals surface area contributed by atoms with E-state index in [4.69, 9.17) is 4.74 Å². The Morgan fingerprint density at radius 3 is 2.60 bits per heavy atom. The smallest absolute Gasteiger partial charge is 0.310 e. The van der Waals surface area contributed by atoms with Crippen LogP contribution in [0.3, 0.4) is 0 Å². The Morgan fingerprint density at radius 1 is 1.35 bits per heavy atom. The molecule has 0 aromatic heterocycles. The van der Waals surface area contributed by atoms with Gasteiger partial charge in [0.2, 0.25) is 10.0 Å². The summed E-state index contributed by atoms with van der Waals surface area (Å²) in [5.74, 6) is -0.0930. The van der Waals surface area contributed by atoms with Gasteiger partial charge in [-0.05, 0) is 12.6 Å². The zero-order valence-electron chi connectivity index (χ0n) is 11.3. The Balaban J connectivity index is 2.93. The second kappa shape index (κ2) is 7.17. The van der Waals surface area contributed by atoms with Gasteiger partial charge in [0, 0.05) is 25.2 Å². The molecule has 0 heterocycles. The van der Waals surface area contributed by atoms with Crippen LogP contribution in [0, 0.1) is 10.1 Å². The molecule has 0 saturated heterocycles. The van der Waals surface area contributed by atoms with Crippen molar-refractivity contribution in [3.8, 4) is 5.75 Å². The number of methoxy groups -OCH3 is 1. The number of nitrogens with zero attached hydrogens (tertiary/aromatic N) is 1. The first-order valence-corrected chi connectivity index (χ1v) is 7.43. The lowest BCUT2D eigenvalue weighted by Crippen LogP contribution is -2.31. The van der Waals surface area contributed by atoms with Gasteiger partial charge in [0.25, 0.3) is 0 Å². The fourth-order valence-corrected chi connectivity index (χ4v) is 2.56. The van der Waals surface area contributed by atoms with E-state index in [1.54, 1.807) is 0 Å². The number of ether oxygens (including phenoxy) is 1. The van der Waals surface area contributed by atoms with Crippen LogP contribution in [-0.4, -0.2) is 40.1 Å². The summed E-state index contributed by atoms with van der Waals surface area (Å²) in [6.45, 7) is 3.39. The highest BCUT2D eigenvalue weighted by atomic mass is 32.2. The second-order valence-electron chi connectivity index (χ2n) is 3.84. The SMILES string of the molecule is CCNCCNS(=O)(=O)c1ccc([N+](=O)[O-])c(OC)c1. The summed E-state index contributed by atoms with van der Waals surface area (Å²) in [4.78, 5) is 10.0. The normalized spacial score (nSPS) is 11.3. The van der Waals surface area contributed by atoms with Crippen molar-refractivity contribution in [2.45, 2.75) is 11.8 Å². The maximum absolute atomic E-state index is 12.0. The van der Waals surface area contributed by atoms with E-state index >= 15 is 0 Å². The molecular formula is C11H17N3O5S. The molecule has 8 nitrogen and oxygen atoms in total. The van der Waals surface area contributed by atoms with Gasteiger partial charge in [-0.3, -0.25) is 10.1 Å². The van der Waals surface area contributed by atoms with Gasteiger partial charge in [-0.25, -0.2) is 13.1 Å². The van der Waals surface area contributed by atoms with Gasteiger partial charge >= 0.3 is 5.69 Å². The molecule has 0 aliphatic carbocycles. The third kappa shape index (κ3) is 4.15. The number of nitro benzene ring substituents is 1. The number of hydrogen-bond donors (Lipinski definition) is 2. The number of likely N-dealkylation sites (N-methyl/N-ethyl adjacent to an activating group) is 1. The first kappa shape index (κ1) is 16.3. The molecule has 112 valence electrons. The van der Waals surface area contributed by atoms with Gasteiger partial charge in [0.1, 0.15) is 0 Å². The molecule has 9 heteroatoms. The quantitative estimate of drug-likeness (QED) is 0.411. The van der Waals surface area contributed by atoms with Gasteiger partial charge in [-0.1, -0.05) is 6.92 Å². The van der Waals surface area contributed by atoms with Gasteiger partial charge in [0.05, 0.1) is 16.9 Å². The lowest BCUT2D eigenvalue weighted by atomic mass is 10.3. The zero-order valence-corrected chi connectivity index (χ0v) is 12.1. The van der Waals surface area contributed by atoms with Crippen LogP contribution in [0.5, 0.6) is 5.75 Å². The number of benzene rings is 1. The Morgan fingerprint density at radius 2 is 2.05 bits per heavy atom. The molecule has 0 saturated carbocycles. The largest absolute Gasteiger partial charge is 0.490 e. The molecule has 0 spiro atoms. The molecular weight excluding hydrogens is 286 g/mol. The van der Waals surface area contributed by atoms with E-state index in [0.29, 0.717) is 6.54 Å². The van der Waals surface area contributed by atoms with Crippen molar-refractivity contribution < 1.29 is 18.1 Å². The Hall–Kier alpha value is -1.71. The summed E-state index contributed by atoms with van der Waals surface area (Å²) in [6.07, 6.45) is 0. The Bertz CT molecular complexity index is 573. The average Bonchev–Trinajstić information content (AvgIpc) is 2.42. The molecule has 0 unspecified atom stereocenters. The molecule has 0 fully saturated rings. The molecule has 0 bridgehead atoms. The highest BCUT2D eigenvalue weighted by Crippen LogP contribution is 2.29. The van der Waals surface area contributed by atoms with Crippen LogP contribution in [0.25, 0.3) is 0 Å². The van der Waals surface area contributed by atoms with Crippen molar-refractivity contribution >= 4 is 15.7 Å². The molecule has 0 radical (unpaired) electrons. The van der Waals surface area contributed by atoms with Crippen molar-refractivity contribution in [1.29, 1.82) is 0 Å². The zero-order chi connectivity index (χ0) is 15.2. The van der Waals surface area contributed by atoms with E-state index < -0.39 is 14.9 Å². The van der Waals surface area contributed by atoms with Gasteiger partial charge in [-0.2, -0.15) is 0 Å². The summed E-state index contributed by atoms with van der Waals surface area (Å²) in [7, 11) is -2.46. The Kier molecular flexibility index (Phi) is 5.86. The molecule has 0 amide bonds. The van der Waals surface area contributed by atoms with Crippen LogP contribution in [0.15, 0.2) is 23.1 Å². The van der Waals surface area contributed by atoms with Crippen LogP contribution in [0.4, 0.5) is 5.69 Å². The van der Waals surface area contributed by atoms with Gasteiger partial charge in [-0.15, -0.1) is 0 Å². The minimum absolute atomic E-state index is 0.0727. The van der Waals surface area contributed by atoms with Crippen molar-refractivity contribution in [1.82, 2.24) is 10.0 Å². The first-order valence-electron chi connectivity index (χ1n) is 5.95. The molecule has 1 aromatic carbocycles. The third-order valence-corrected chi connectivity index (χ3v) is 3.96. The van der Waals surface area contributed by atoms with Crippen molar-refractivity contribution in [3.63, 3.8) is 0 Å². The van der Waals surface area contributed by atoms with Crippen molar-refractivity contribution in [3.05, 3.63) is 28.3 Å². The minimum Gasteiger partial charge on any atom is -0.490 e. The van der Waals surface area contributed by atoms with E-state index in [0.717, 1.165) is 18.7 Å². The van der Waals surface area contributed by atoms with Crippen LogP contribution in [0.2, 0.25) is 0 Å². The van der Waals surface area contributed by atoms with Crippen LogP contribution < -0.4 is 14.8 Å². The van der Waals surface area contributed by atoms with Crippen LogP contribution in [-0.2, 0) is 10.0 Å². The van der Waals surface area contributed by atoms with E-state index in [2.05, 4.69) is 10.0 Å². The first-order chi connectivity index (χ1) is 9.42. The second-order valence-corrected chi connectivity index (χ2v) is 5.61. The van der Waals surface area contributed by atoms with E-state index in [-0.39, 0.29) is 22.9 Å². The topological polar surface area (TPSA) is 111 Å².